The van der Waals surface area contributed by atoms with Gasteiger partial charge in [-0.3, -0.25) is 4.79 Å². The van der Waals surface area contributed by atoms with Crippen LogP contribution in [0, 0.1) is 0 Å². The standard InChI is InChI=1S/C21H18BrNO6/c1-4-27-17-8-6-5-7-14(17)20-23-16(21(25)29-20)10-13-9-15(22)19(28-12(2)24)18(11-13)26-3/h5-11H,4H2,1-3H3. The van der Waals surface area contributed by atoms with Gasteiger partial charge in [0.05, 0.1) is 23.8 Å². The van der Waals surface area contributed by atoms with E-state index in [9.17, 15) is 9.59 Å². The minimum absolute atomic E-state index is 0.125. The van der Waals surface area contributed by atoms with Gasteiger partial charge in [0.2, 0.25) is 5.90 Å². The van der Waals surface area contributed by atoms with E-state index in [1.807, 2.05) is 19.1 Å². The molecular formula is C21H18BrNO6. The van der Waals surface area contributed by atoms with Crippen LogP contribution in [0.2, 0.25) is 0 Å². The molecule has 0 saturated heterocycles. The molecule has 1 aliphatic heterocycles. The number of para-hydroxylation sites is 1. The molecule has 29 heavy (non-hydrogen) atoms. The van der Waals surface area contributed by atoms with Crippen LogP contribution in [0.5, 0.6) is 17.2 Å². The van der Waals surface area contributed by atoms with Crippen LogP contribution in [0.4, 0.5) is 0 Å². The lowest BCUT2D eigenvalue weighted by atomic mass is 10.1. The van der Waals surface area contributed by atoms with Crippen molar-refractivity contribution >= 4 is 39.8 Å². The first-order chi connectivity index (χ1) is 13.9. The number of nitrogens with zero attached hydrogens (tertiary/aromatic N) is 1. The number of halogens is 1. The smallest absolute Gasteiger partial charge is 0.363 e. The van der Waals surface area contributed by atoms with E-state index < -0.39 is 11.9 Å². The second-order valence-electron chi connectivity index (χ2n) is 5.89. The van der Waals surface area contributed by atoms with Gasteiger partial charge in [0.1, 0.15) is 5.75 Å². The van der Waals surface area contributed by atoms with Crippen LogP contribution in [0.1, 0.15) is 25.0 Å². The zero-order valence-electron chi connectivity index (χ0n) is 16.0. The van der Waals surface area contributed by atoms with Gasteiger partial charge in [0, 0.05) is 6.92 Å². The summed E-state index contributed by atoms with van der Waals surface area (Å²) in [7, 11) is 1.45. The summed E-state index contributed by atoms with van der Waals surface area (Å²) < 4.78 is 21.8. The molecule has 0 N–H and O–H groups in total. The molecule has 0 aliphatic carbocycles. The van der Waals surface area contributed by atoms with E-state index in [4.69, 9.17) is 18.9 Å². The van der Waals surface area contributed by atoms with Crippen LogP contribution in [0.25, 0.3) is 6.08 Å². The molecule has 2 aromatic rings. The van der Waals surface area contributed by atoms with Gasteiger partial charge in [0.25, 0.3) is 0 Å². The molecule has 0 spiro atoms. The highest BCUT2D eigenvalue weighted by molar-refractivity contribution is 9.10. The Kier molecular flexibility index (Phi) is 6.33. The van der Waals surface area contributed by atoms with Gasteiger partial charge in [-0.15, -0.1) is 0 Å². The molecule has 8 heteroatoms. The highest BCUT2D eigenvalue weighted by Gasteiger charge is 2.26. The first-order valence-electron chi connectivity index (χ1n) is 8.73. The van der Waals surface area contributed by atoms with Gasteiger partial charge in [-0.1, -0.05) is 12.1 Å². The van der Waals surface area contributed by atoms with Crippen molar-refractivity contribution in [2.45, 2.75) is 13.8 Å². The number of cyclic esters (lactones) is 1. The van der Waals surface area contributed by atoms with Gasteiger partial charge in [-0.25, -0.2) is 9.79 Å². The predicted molar refractivity (Wildman–Crippen MR) is 110 cm³/mol. The number of carbonyl (C=O) groups excluding carboxylic acids is 2. The van der Waals surface area contributed by atoms with Crippen molar-refractivity contribution in [1.82, 2.24) is 0 Å². The minimum atomic E-state index is -0.578. The topological polar surface area (TPSA) is 83.4 Å². The summed E-state index contributed by atoms with van der Waals surface area (Å²) in [6.07, 6.45) is 1.56. The molecule has 0 atom stereocenters. The number of hydrogen-bond donors (Lipinski definition) is 0. The van der Waals surface area contributed by atoms with Crippen molar-refractivity contribution in [3.63, 3.8) is 0 Å². The molecule has 0 bridgehead atoms. The van der Waals surface area contributed by atoms with Crippen LogP contribution < -0.4 is 14.2 Å². The SMILES string of the molecule is CCOc1ccccc1C1=NC(=Cc2cc(Br)c(OC(C)=O)c(OC)c2)C(=O)O1. The van der Waals surface area contributed by atoms with Crippen molar-refractivity contribution in [3.05, 3.63) is 57.7 Å². The summed E-state index contributed by atoms with van der Waals surface area (Å²) in [5.74, 6) is 0.289. The van der Waals surface area contributed by atoms with E-state index >= 15 is 0 Å². The number of ether oxygens (including phenoxy) is 4. The maximum absolute atomic E-state index is 12.3. The molecular weight excluding hydrogens is 442 g/mol. The van der Waals surface area contributed by atoms with Crippen molar-refractivity contribution in [1.29, 1.82) is 0 Å². The molecule has 0 aromatic heterocycles. The van der Waals surface area contributed by atoms with Gasteiger partial charge in [-0.2, -0.15) is 0 Å². The Bertz CT molecular complexity index is 1030. The Morgan fingerprint density at radius 1 is 1.24 bits per heavy atom. The largest absolute Gasteiger partial charge is 0.493 e. The monoisotopic (exact) mass is 459 g/mol. The van der Waals surface area contributed by atoms with E-state index in [2.05, 4.69) is 20.9 Å². The first kappa shape index (κ1) is 20.6. The summed E-state index contributed by atoms with van der Waals surface area (Å²) in [6, 6.07) is 10.5. The van der Waals surface area contributed by atoms with Gasteiger partial charge < -0.3 is 18.9 Å². The van der Waals surface area contributed by atoms with E-state index in [1.54, 1.807) is 30.3 Å². The van der Waals surface area contributed by atoms with E-state index in [1.165, 1.54) is 14.0 Å². The Balaban J connectivity index is 1.98. The number of methoxy groups -OCH3 is 1. The molecule has 1 heterocycles. The number of esters is 2. The number of aliphatic imine (C=N–C) groups is 1. The number of rotatable bonds is 6. The summed E-state index contributed by atoms with van der Waals surface area (Å²) in [4.78, 5) is 27.9. The fourth-order valence-electron chi connectivity index (χ4n) is 2.67. The van der Waals surface area contributed by atoms with Gasteiger partial charge in [-0.05, 0) is 58.8 Å². The van der Waals surface area contributed by atoms with E-state index in [0.717, 1.165) is 0 Å². The molecule has 3 rings (SSSR count). The number of hydrogen-bond acceptors (Lipinski definition) is 7. The van der Waals surface area contributed by atoms with Crippen molar-refractivity contribution < 1.29 is 28.5 Å². The summed E-state index contributed by atoms with van der Waals surface area (Å²) in [5, 5.41) is 0. The van der Waals surface area contributed by atoms with Crippen LogP contribution in [-0.4, -0.2) is 31.6 Å². The summed E-state index contributed by atoms with van der Waals surface area (Å²) in [5.41, 5.74) is 1.33. The van der Waals surface area contributed by atoms with Crippen LogP contribution >= 0.6 is 15.9 Å². The molecule has 0 fully saturated rings. The fraction of sp³-hybridized carbons (Fsp3) is 0.190. The molecule has 0 radical (unpaired) electrons. The summed E-state index contributed by atoms with van der Waals surface area (Å²) in [6.45, 7) is 3.64. The zero-order chi connectivity index (χ0) is 21.0. The van der Waals surface area contributed by atoms with Gasteiger partial charge >= 0.3 is 11.9 Å². The molecule has 7 nitrogen and oxygen atoms in total. The highest BCUT2D eigenvalue weighted by atomic mass is 79.9. The quantitative estimate of drug-likeness (QED) is 0.366. The maximum Gasteiger partial charge on any atom is 0.363 e. The second kappa shape index (κ2) is 8.91. The average molecular weight is 460 g/mol. The van der Waals surface area contributed by atoms with E-state index in [-0.39, 0.29) is 17.3 Å². The third-order valence-electron chi connectivity index (χ3n) is 3.84. The zero-order valence-corrected chi connectivity index (χ0v) is 17.6. The first-order valence-corrected chi connectivity index (χ1v) is 9.53. The Labute approximate surface area is 176 Å². The molecule has 0 saturated carbocycles. The van der Waals surface area contributed by atoms with E-state index in [0.29, 0.717) is 33.7 Å². The molecule has 1 aliphatic rings. The van der Waals surface area contributed by atoms with Crippen LogP contribution in [0.15, 0.2) is 51.6 Å². The van der Waals surface area contributed by atoms with Crippen molar-refractivity contribution in [2.24, 2.45) is 4.99 Å². The van der Waals surface area contributed by atoms with Crippen LogP contribution in [0.3, 0.4) is 0 Å². The Morgan fingerprint density at radius 2 is 2.00 bits per heavy atom. The lowest BCUT2D eigenvalue weighted by Crippen LogP contribution is -2.07. The minimum Gasteiger partial charge on any atom is -0.493 e. The summed E-state index contributed by atoms with van der Waals surface area (Å²) >= 11 is 3.35. The third kappa shape index (κ3) is 4.65. The lowest BCUT2D eigenvalue weighted by molar-refractivity contribution is -0.132. The van der Waals surface area contributed by atoms with Crippen LogP contribution in [-0.2, 0) is 14.3 Å². The van der Waals surface area contributed by atoms with Crippen molar-refractivity contribution in [2.75, 3.05) is 13.7 Å². The normalized spacial score (nSPS) is 14.4. The molecule has 2 aromatic carbocycles. The molecule has 0 amide bonds. The fourth-order valence-corrected chi connectivity index (χ4v) is 3.21. The second-order valence-corrected chi connectivity index (χ2v) is 6.75. The third-order valence-corrected chi connectivity index (χ3v) is 4.43. The molecule has 0 unspecified atom stereocenters. The maximum atomic E-state index is 12.3. The Hall–Kier alpha value is -3.13. The van der Waals surface area contributed by atoms with Gasteiger partial charge in [0.15, 0.2) is 17.2 Å². The number of carbonyl (C=O) groups is 2. The molecule has 150 valence electrons. The average Bonchev–Trinajstić information content (AvgIpc) is 3.04. The number of benzene rings is 2. The lowest BCUT2D eigenvalue weighted by Gasteiger charge is -2.11. The Morgan fingerprint density at radius 3 is 2.69 bits per heavy atom. The predicted octanol–water partition coefficient (Wildman–Crippen LogP) is 4.13. The van der Waals surface area contributed by atoms with Crippen molar-refractivity contribution in [3.8, 4) is 17.2 Å². The highest BCUT2D eigenvalue weighted by Crippen LogP contribution is 2.37.